The van der Waals surface area contributed by atoms with Gasteiger partial charge in [0.15, 0.2) is 0 Å². The summed E-state index contributed by atoms with van der Waals surface area (Å²) in [5.41, 5.74) is 0.790. The number of hydrogen-bond acceptors (Lipinski definition) is 3. The third-order valence-corrected chi connectivity index (χ3v) is 5.18. The van der Waals surface area contributed by atoms with Crippen molar-refractivity contribution in [1.82, 2.24) is 0 Å². The molecule has 3 aromatic rings. The molecular weight excluding hydrogens is 457 g/mol. The van der Waals surface area contributed by atoms with Crippen LogP contribution in [0.3, 0.4) is 0 Å². The lowest BCUT2D eigenvalue weighted by Gasteiger charge is -2.13. The smallest absolute Gasteiger partial charge is 0.416 e. The molecule has 3 rings (SSSR count). The van der Waals surface area contributed by atoms with Crippen LogP contribution in [0.2, 0.25) is 0 Å². The zero-order valence-electron chi connectivity index (χ0n) is 19.4. The van der Waals surface area contributed by atoms with E-state index in [-0.39, 0.29) is 11.3 Å². The summed E-state index contributed by atoms with van der Waals surface area (Å²) in [6, 6.07) is 18.1. The number of carbonyl (C=O) groups is 2. The van der Waals surface area contributed by atoms with E-state index in [1.165, 1.54) is 25.3 Å². The monoisotopic (exact) mass is 482 g/mol. The van der Waals surface area contributed by atoms with Crippen molar-refractivity contribution in [2.45, 2.75) is 25.9 Å². The Morgan fingerprint density at radius 2 is 1.43 bits per heavy atom. The van der Waals surface area contributed by atoms with Crippen LogP contribution < -0.4 is 15.4 Å². The highest BCUT2D eigenvalue weighted by Gasteiger charge is 2.30. The Morgan fingerprint density at radius 3 is 1.97 bits per heavy atom. The van der Waals surface area contributed by atoms with Crippen molar-refractivity contribution in [2.75, 3.05) is 17.7 Å². The van der Waals surface area contributed by atoms with E-state index in [2.05, 4.69) is 10.6 Å². The minimum atomic E-state index is -4.57. The lowest BCUT2D eigenvalue weighted by Crippen LogP contribution is -2.25. The average Bonchev–Trinajstić information content (AvgIpc) is 2.82. The van der Waals surface area contributed by atoms with Crippen LogP contribution in [0, 0.1) is 0 Å². The molecule has 0 radical (unpaired) electrons. The van der Waals surface area contributed by atoms with Gasteiger partial charge in [0, 0.05) is 17.4 Å². The van der Waals surface area contributed by atoms with E-state index in [0.717, 1.165) is 17.7 Å². The Labute approximate surface area is 201 Å². The molecule has 0 fully saturated rings. The summed E-state index contributed by atoms with van der Waals surface area (Å²) < 4.78 is 44.4. The van der Waals surface area contributed by atoms with Crippen LogP contribution in [0.15, 0.2) is 78.4 Å². The van der Waals surface area contributed by atoms with Gasteiger partial charge in [-0.05, 0) is 53.5 Å². The molecule has 0 saturated heterocycles. The van der Waals surface area contributed by atoms with Crippen LogP contribution in [0.25, 0.3) is 6.08 Å². The van der Waals surface area contributed by atoms with E-state index in [1.807, 2.05) is 26.0 Å². The first-order valence-electron chi connectivity index (χ1n) is 10.8. The summed E-state index contributed by atoms with van der Waals surface area (Å²) in [6.07, 6.45) is -3.18. The second-order valence-electron chi connectivity index (χ2n) is 8.10. The fraction of sp³-hybridized carbons (Fsp3) is 0.185. The fourth-order valence-corrected chi connectivity index (χ4v) is 3.25. The van der Waals surface area contributed by atoms with E-state index >= 15 is 0 Å². The maximum absolute atomic E-state index is 13.1. The molecule has 5 nitrogen and oxygen atoms in total. The van der Waals surface area contributed by atoms with Crippen LogP contribution >= 0.6 is 0 Å². The topological polar surface area (TPSA) is 67.4 Å². The number of nitrogens with one attached hydrogen (secondary N) is 2. The summed E-state index contributed by atoms with van der Waals surface area (Å²) in [5, 5.41) is 5.04. The molecule has 0 aromatic heterocycles. The van der Waals surface area contributed by atoms with Gasteiger partial charge in [-0.1, -0.05) is 50.2 Å². The molecule has 8 heteroatoms. The molecular formula is C27H25F3N2O3. The van der Waals surface area contributed by atoms with Crippen LogP contribution in [-0.4, -0.2) is 18.9 Å². The molecule has 2 amide bonds. The number of benzene rings is 3. The molecule has 0 aliphatic heterocycles. The van der Waals surface area contributed by atoms with Gasteiger partial charge in [0.25, 0.3) is 11.8 Å². The number of halogens is 3. The Bertz CT molecular complexity index is 1230. The van der Waals surface area contributed by atoms with Gasteiger partial charge < -0.3 is 15.4 Å². The molecule has 0 saturated carbocycles. The second-order valence-corrected chi connectivity index (χ2v) is 8.10. The molecule has 3 aromatic carbocycles. The molecule has 0 bridgehead atoms. The van der Waals surface area contributed by atoms with Crippen molar-refractivity contribution < 1.29 is 27.5 Å². The van der Waals surface area contributed by atoms with E-state index in [9.17, 15) is 22.8 Å². The second kappa shape index (κ2) is 10.9. The van der Waals surface area contributed by atoms with Gasteiger partial charge >= 0.3 is 6.18 Å². The highest BCUT2D eigenvalue weighted by atomic mass is 19.4. The third kappa shape index (κ3) is 6.96. The molecule has 0 unspecified atom stereocenters. The lowest BCUT2D eigenvalue weighted by atomic mass is 10.0. The zero-order valence-corrected chi connectivity index (χ0v) is 19.4. The summed E-state index contributed by atoms with van der Waals surface area (Å²) in [4.78, 5) is 26.2. The number of methoxy groups -OCH3 is 1. The van der Waals surface area contributed by atoms with Gasteiger partial charge in [-0.25, -0.2) is 0 Å². The average molecular weight is 483 g/mol. The third-order valence-electron chi connectivity index (χ3n) is 5.18. The van der Waals surface area contributed by atoms with Crippen molar-refractivity contribution in [3.63, 3.8) is 0 Å². The van der Waals surface area contributed by atoms with Gasteiger partial charge in [0.1, 0.15) is 11.3 Å². The number of amides is 2. The fourth-order valence-electron chi connectivity index (χ4n) is 3.25. The number of rotatable bonds is 7. The Hall–Kier alpha value is -4.07. The highest BCUT2D eigenvalue weighted by molar-refractivity contribution is 6.28. The first kappa shape index (κ1) is 25.6. The van der Waals surface area contributed by atoms with Crippen LogP contribution in [0.1, 0.15) is 36.5 Å². The molecule has 35 heavy (non-hydrogen) atoms. The Morgan fingerprint density at radius 1 is 0.857 bits per heavy atom. The number of hydrogen-bond donors (Lipinski definition) is 2. The molecule has 0 spiro atoms. The van der Waals surface area contributed by atoms with Gasteiger partial charge in [0.2, 0.25) is 0 Å². The number of anilines is 2. The predicted octanol–water partition coefficient (Wildman–Crippen LogP) is 6.50. The maximum atomic E-state index is 13.1. The Kier molecular flexibility index (Phi) is 7.96. The van der Waals surface area contributed by atoms with Crippen LogP contribution in [0.4, 0.5) is 24.5 Å². The molecule has 0 heterocycles. The van der Waals surface area contributed by atoms with Crippen molar-refractivity contribution in [2.24, 2.45) is 0 Å². The SMILES string of the molecule is COc1cccc(NC(=O)/C(=C/c2ccc(C(C)C)cc2)C(=O)Nc2cccc(C(F)(F)F)c2)c1. The van der Waals surface area contributed by atoms with Crippen LogP contribution in [-0.2, 0) is 15.8 Å². The lowest BCUT2D eigenvalue weighted by molar-refractivity contribution is -0.137. The summed E-state index contributed by atoms with van der Waals surface area (Å²) in [7, 11) is 1.48. The number of alkyl halides is 3. The predicted molar refractivity (Wildman–Crippen MR) is 130 cm³/mol. The van der Waals surface area contributed by atoms with E-state index < -0.39 is 23.6 Å². The van der Waals surface area contributed by atoms with E-state index in [1.54, 1.807) is 36.4 Å². The largest absolute Gasteiger partial charge is 0.497 e. The summed E-state index contributed by atoms with van der Waals surface area (Å²) in [6.45, 7) is 4.08. The van der Waals surface area contributed by atoms with Gasteiger partial charge in [-0.3, -0.25) is 9.59 Å². The quantitative estimate of drug-likeness (QED) is 0.230. The summed E-state index contributed by atoms with van der Waals surface area (Å²) >= 11 is 0. The normalized spacial score (nSPS) is 11.8. The van der Waals surface area contributed by atoms with Gasteiger partial charge in [-0.15, -0.1) is 0 Å². The number of ether oxygens (including phenoxy) is 1. The van der Waals surface area contributed by atoms with Crippen molar-refractivity contribution in [3.8, 4) is 5.75 Å². The Balaban J connectivity index is 1.93. The van der Waals surface area contributed by atoms with E-state index in [0.29, 0.717) is 22.9 Å². The van der Waals surface area contributed by atoms with Gasteiger partial charge in [-0.2, -0.15) is 13.2 Å². The molecule has 0 aliphatic carbocycles. The van der Waals surface area contributed by atoms with Crippen LogP contribution in [0.5, 0.6) is 5.75 Å². The first-order chi connectivity index (χ1) is 16.6. The first-order valence-corrected chi connectivity index (χ1v) is 10.8. The highest BCUT2D eigenvalue weighted by Crippen LogP contribution is 2.31. The van der Waals surface area contributed by atoms with E-state index in [4.69, 9.17) is 4.74 Å². The minimum Gasteiger partial charge on any atom is -0.497 e. The number of carbonyl (C=O) groups excluding carboxylic acids is 2. The van der Waals surface area contributed by atoms with Crippen molar-refractivity contribution in [1.29, 1.82) is 0 Å². The molecule has 2 N–H and O–H groups in total. The standard InChI is InChI=1S/C27H25F3N2O3/c1-17(2)19-12-10-18(11-13-19)14-24(26(34)32-22-8-5-9-23(16-22)35-3)25(33)31-21-7-4-6-20(15-21)27(28,29)30/h4-17H,1-3H3,(H,31,33)(H,32,34)/b24-14+. The minimum absolute atomic E-state index is 0.0833. The zero-order chi connectivity index (χ0) is 25.6. The molecule has 0 aliphatic rings. The summed E-state index contributed by atoms with van der Waals surface area (Å²) in [5.74, 6) is -0.771. The molecule has 0 atom stereocenters. The van der Waals surface area contributed by atoms with Crippen molar-refractivity contribution in [3.05, 3.63) is 95.1 Å². The maximum Gasteiger partial charge on any atom is 0.416 e. The van der Waals surface area contributed by atoms with Crippen molar-refractivity contribution >= 4 is 29.3 Å². The molecule has 182 valence electrons. The van der Waals surface area contributed by atoms with Gasteiger partial charge in [0.05, 0.1) is 12.7 Å².